The van der Waals surface area contributed by atoms with Gasteiger partial charge in [0.2, 0.25) is 0 Å². The third-order valence-corrected chi connectivity index (χ3v) is 3.38. The van der Waals surface area contributed by atoms with E-state index in [0.29, 0.717) is 0 Å². The largest absolute Gasteiger partial charge is 0.488 e. The predicted molar refractivity (Wildman–Crippen MR) is 69.6 cm³/mol. The van der Waals surface area contributed by atoms with Crippen molar-refractivity contribution < 1.29 is 22.6 Å². The van der Waals surface area contributed by atoms with Crippen LogP contribution in [0.1, 0.15) is 38.5 Å². The van der Waals surface area contributed by atoms with Gasteiger partial charge in [-0.05, 0) is 25.7 Å². The average molecular weight is 289 g/mol. The van der Waals surface area contributed by atoms with Gasteiger partial charge in [-0.25, -0.2) is 4.39 Å². The monoisotopic (exact) mass is 289 g/mol. The second-order valence-electron chi connectivity index (χ2n) is 4.93. The van der Waals surface area contributed by atoms with Gasteiger partial charge in [-0.1, -0.05) is 12.8 Å². The van der Waals surface area contributed by atoms with Gasteiger partial charge in [-0.3, -0.25) is 0 Å². The second kappa shape index (κ2) is 6.72. The van der Waals surface area contributed by atoms with E-state index in [1.165, 1.54) is 12.8 Å². The number of hydrogen-bond acceptors (Lipinski definition) is 3. The maximum absolute atomic E-state index is 13.4. The minimum absolute atomic E-state index is 0.00957. The molecule has 1 aromatic rings. The summed E-state index contributed by atoms with van der Waals surface area (Å²) in [5.41, 5.74) is 5.76. The minimum Gasteiger partial charge on any atom is -0.488 e. The third kappa shape index (κ3) is 3.95. The lowest BCUT2D eigenvalue weighted by Crippen LogP contribution is -2.16. The van der Waals surface area contributed by atoms with E-state index in [0.717, 1.165) is 37.8 Å². The Morgan fingerprint density at radius 3 is 2.30 bits per heavy atom. The van der Waals surface area contributed by atoms with Crippen molar-refractivity contribution >= 4 is 5.69 Å². The summed E-state index contributed by atoms with van der Waals surface area (Å²) in [6.45, 7) is -3.08. The first kappa shape index (κ1) is 14.8. The van der Waals surface area contributed by atoms with Crippen molar-refractivity contribution in [2.24, 2.45) is 0 Å². The van der Waals surface area contributed by atoms with E-state index in [-0.39, 0.29) is 17.5 Å². The highest BCUT2D eigenvalue weighted by Crippen LogP contribution is 2.33. The molecule has 0 spiro atoms. The van der Waals surface area contributed by atoms with Crippen LogP contribution in [0.15, 0.2) is 12.1 Å². The van der Waals surface area contributed by atoms with Crippen LogP contribution >= 0.6 is 0 Å². The highest BCUT2D eigenvalue weighted by Gasteiger charge is 2.18. The molecule has 0 aliphatic heterocycles. The van der Waals surface area contributed by atoms with E-state index in [1.807, 2.05) is 0 Å². The third-order valence-electron chi connectivity index (χ3n) is 3.38. The summed E-state index contributed by atoms with van der Waals surface area (Å²) < 4.78 is 47.6. The van der Waals surface area contributed by atoms with Crippen LogP contribution in [0.5, 0.6) is 11.5 Å². The first-order chi connectivity index (χ1) is 9.56. The summed E-state index contributed by atoms with van der Waals surface area (Å²) in [6.07, 6.45) is 6.23. The smallest absolute Gasteiger partial charge is 0.387 e. The first-order valence-electron chi connectivity index (χ1n) is 6.76. The fourth-order valence-electron chi connectivity index (χ4n) is 2.38. The van der Waals surface area contributed by atoms with E-state index in [4.69, 9.17) is 10.5 Å². The van der Waals surface area contributed by atoms with Gasteiger partial charge < -0.3 is 15.2 Å². The van der Waals surface area contributed by atoms with Gasteiger partial charge in [0.05, 0.1) is 11.8 Å². The summed E-state index contributed by atoms with van der Waals surface area (Å²) >= 11 is 0. The molecule has 1 aliphatic rings. The Bertz CT molecular complexity index is 446. The van der Waals surface area contributed by atoms with Gasteiger partial charge in [0.25, 0.3) is 0 Å². The molecule has 0 heterocycles. The summed E-state index contributed by atoms with van der Waals surface area (Å²) in [6, 6.07) is 2.05. The SMILES string of the molecule is Nc1cc(F)c(OC(F)F)cc1OC1CCCCCC1. The predicted octanol–water partition coefficient (Wildman–Crippen LogP) is 4.11. The zero-order chi connectivity index (χ0) is 14.5. The Balaban J connectivity index is 2.13. The van der Waals surface area contributed by atoms with Gasteiger partial charge in [-0.2, -0.15) is 8.78 Å². The van der Waals surface area contributed by atoms with Crippen molar-refractivity contribution in [3.63, 3.8) is 0 Å². The van der Waals surface area contributed by atoms with Gasteiger partial charge in [-0.15, -0.1) is 0 Å². The number of alkyl halides is 2. The number of nitrogens with two attached hydrogens (primary N) is 1. The molecule has 0 aromatic heterocycles. The Labute approximate surface area is 115 Å². The van der Waals surface area contributed by atoms with Crippen LogP contribution in [0, 0.1) is 5.82 Å². The van der Waals surface area contributed by atoms with Crippen LogP contribution in [-0.4, -0.2) is 12.7 Å². The number of benzene rings is 1. The lowest BCUT2D eigenvalue weighted by molar-refractivity contribution is -0.0523. The van der Waals surface area contributed by atoms with E-state index < -0.39 is 18.2 Å². The molecule has 1 saturated carbocycles. The molecule has 0 radical (unpaired) electrons. The number of hydrogen-bond donors (Lipinski definition) is 1. The summed E-state index contributed by atoms with van der Waals surface area (Å²) in [5.74, 6) is -1.26. The molecule has 2 rings (SSSR count). The highest BCUT2D eigenvalue weighted by atomic mass is 19.3. The number of anilines is 1. The van der Waals surface area contributed by atoms with Crippen LogP contribution in [0.2, 0.25) is 0 Å². The first-order valence-corrected chi connectivity index (χ1v) is 6.76. The molecular weight excluding hydrogens is 271 g/mol. The Kier molecular flexibility index (Phi) is 4.98. The number of rotatable bonds is 4. The van der Waals surface area contributed by atoms with Gasteiger partial charge >= 0.3 is 6.61 Å². The maximum atomic E-state index is 13.4. The van der Waals surface area contributed by atoms with Crippen molar-refractivity contribution in [2.75, 3.05) is 5.73 Å². The molecule has 6 heteroatoms. The second-order valence-corrected chi connectivity index (χ2v) is 4.93. The van der Waals surface area contributed by atoms with Crippen molar-refractivity contribution in [1.82, 2.24) is 0 Å². The Morgan fingerprint density at radius 2 is 1.70 bits per heavy atom. The van der Waals surface area contributed by atoms with Crippen LogP contribution in [0.4, 0.5) is 18.9 Å². The van der Waals surface area contributed by atoms with Crippen molar-refractivity contribution in [3.05, 3.63) is 17.9 Å². The standard InChI is InChI=1S/C14H18F3NO2/c15-10-7-11(18)13(8-12(10)20-14(16)17)19-9-5-3-1-2-4-6-9/h7-9,14H,1-6,18H2. The summed E-state index contributed by atoms with van der Waals surface area (Å²) in [7, 11) is 0. The Morgan fingerprint density at radius 1 is 1.05 bits per heavy atom. The molecule has 0 unspecified atom stereocenters. The molecule has 0 saturated heterocycles. The highest BCUT2D eigenvalue weighted by molar-refractivity contribution is 5.56. The molecule has 3 nitrogen and oxygen atoms in total. The molecule has 112 valence electrons. The van der Waals surface area contributed by atoms with Gasteiger partial charge in [0.15, 0.2) is 11.6 Å². The van der Waals surface area contributed by atoms with Gasteiger partial charge in [0.1, 0.15) is 5.75 Å². The van der Waals surface area contributed by atoms with Crippen LogP contribution in [-0.2, 0) is 0 Å². The normalized spacial score (nSPS) is 17.0. The lowest BCUT2D eigenvalue weighted by Gasteiger charge is -2.19. The van der Waals surface area contributed by atoms with Gasteiger partial charge in [0, 0.05) is 12.1 Å². The van der Waals surface area contributed by atoms with E-state index in [9.17, 15) is 13.2 Å². The average Bonchev–Trinajstić information content (AvgIpc) is 2.63. The van der Waals surface area contributed by atoms with Crippen molar-refractivity contribution in [3.8, 4) is 11.5 Å². The molecule has 0 amide bonds. The molecule has 1 fully saturated rings. The van der Waals surface area contributed by atoms with Crippen molar-refractivity contribution in [2.45, 2.75) is 51.2 Å². The quantitative estimate of drug-likeness (QED) is 0.670. The van der Waals surface area contributed by atoms with Crippen LogP contribution < -0.4 is 15.2 Å². The summed E-state index contributed by atoms with van der Waals surface area (Å²) in [4.78, 5) is 0. The van der Waals surface area contributed by atoms with E-state index in [2.05, 4.69) is 4.74 Å². The minimum atomic E-state index is -3.08. The molecule has 20 heavy (non-hydrogen) atoms. The topological polar surface area (TPSA) is 44.5 Å². The summed E-state index contributed by atoms with van der Waals surface area (Å²) in [5, 5.41) is 0. The number of nitrogen functional groups attached to an aromatic ring is 1. The lowest BCUT2D eigenvalue weighted by atomic mass is 10.1. The molecule has 0 atom stereocenters. The van der Waals surface area contributed by atoms with E-state index >= 15 is 0 Å². The molecule has 2 N–H and O–H groups in total. The van der Waals surface area contributed by atoms with Crippen LogP contribution in [0.3, 0.4) is 0 Å². The number of halogens is 3. The zero-order valence-electron chi connectivity index (χ0n) is 11.1. The number of ether oxygens (including phenoxy) is 2. The molecule has 1 aromatic carbocycles. The fraction of sp³-hybridized carbons (Fsp3) is 0.571. The van der Waals surface area contributed by atoms with Crippen molar-refractivity contribution in [1.29, 1.82) is 0 Å². The maximum Gasteiger partial charge on any atom is 0.387 e. The molecule has 0 bridgehead atoms. The van der Waals surface area contributed by atoms with E-state index in [1.54, 1.807) is 0 Å². The molecular formula is C14H18F3NO2. The fourth-order valence-corrected chi connectivity index (χ4v) is 2.38. The molecule has 1 aliphatic carbocycles. The zero-order valence-corrected chi connectivity index (χ0v) is 11.1. The Hall–Kier alpha value is -1.59. The van der Waals surface area contributed by atoms with Crippen LogP contribution in [0.25, 0.3) is 0 Å².